The number of rotatable bonds is 8. The number of imidazole rings is 1. The lowest BCUT2D eigenvalue weighted by atomic mass is 10.1. The van der Waals surface area contributed by atoms with Gasteiger partial charge in [0.15, 0.2) is 17.7 Å². The minimum absolute atomic E-state index is 0.0574. The molecule has 0 amide bonds. The maximum Gasteiger partial charge on any atom is 0.488 e. The molecule has 0 bridgehead atoms. The van der Waals surface area contributed by atoms with E-state index in [1.807, 2.05) is 0 Å². The molecule has 0 saturated carbocycles. The molecule has 2 aromatic rings. The largest absolute Gasteiger partial charge is 0.488 e. The van der Waals surface area contributed by atoms with E-state index in [2.05, 4.69) is 39.9 Å². The fraction of sp³-hybridized carbons (Fsp3) is 0.500. The number of aliphatic hydroxyl groups is 2. The maximum atomic E-state index is 11.9. The summed E-state index contributed by atoms with van der Waals surface area (Å²) < 4.78 is 42.1. The molecular formula is C10H16N5O12P3S. The van der Waals surface area contributed by atoms with Crippen molar-refractivity contribution in [2.75, 3.05) is 12.3 Å². The van der Waals surface area contributed by atoms with E-state index in [-0.39, 0.29) is 17.0 Å². The Bertz CT molecular complexity index is 1110. The molecule has 1 fully saturated rings. The molecule has 21 heteroatoms. The van der Waals surface area contributed by atoms with Crippen LogP contribution in [-0.4, -0.2) is 74.2 Å². The van der Waals surface area contributed by atoms with Gasteiger partial charge in [-0.15, -0.1) is 0 Å². The van der Waals surface area contributed by atoms with Crippen LogP contribution >= 0.6 is 22.4 Å². The normalized spacial score (nSPS) is 28.5. The van der Waals surface area contributed by atoms with Gasteiger partial charge in [0.1, 0.15) is 30.2 Å². The van der Waals surface area contributed by atoms with Gasteiger partial charge in [-0.25, -0.2) is 28.4 Å². The summed E-state index contributed by atoms with van der Waals surface area (Å²) in [7, 11) is -10.8. The minimum atomic E-state index is -5.49. The van der Waals surface area contributed by atoms with Crippen molar-refractivity contribution in [2.45, 2.75) is 24.5 Å². The molecule has 174 valence electrons. The number of phosphoric ester groups is 1. The Kier molecular flexibility index (Phi) is 6.99. The lowest BCUT2D eigenvalue weighted by Crippen LogP contribution is -2.33. The minimum Gasteiger partial charge on any atom is -0.387 e. The van der Waals surface area contributed by atoms with E-state index >= 15 is 0 Å². The van der Waals surface area contributed by atoms with Gasteiger partial charge in [0, 0.05) is 0 Å². The molecule has 1 saturated heterocycles. The number of aromatic nitrogens is 4. The Morgan fingerprint density at radius 3 is 2.42 bits per heavy atom. The maximum absolute atomic E-state index is 11.9. The molecule has 0 radical (unpaired) electrons. The second-order valence-corrected chi connectivity index (χ2v) is 11.9. The smallest absolute Gasteiger partial charge is 0.387 e. The van der Waals surface area contributed by atoms with Crippen LogP contribution in [-0.2, 0) is 38.8 Å². The number of aliphatic hydroxyl groups excluding tert-OH is 2. The first-order chi connectivity index (χ1) is 14.2. The van der Waals surface area contributed by atoms with E-state index in [0.717, 1.165) is 6.33 Å². The number of nitrogens with zero attached hydrogens (tertiary/aromatic N) is 4. The van der Waals surface area contributed by atoms with Gasteiger partial charge in [0.25, 0.3) is 0 Å². The highest BCUT2D eigenvalue weighted by Crippen LogP contribution is 2.66. The number of hydrogen-bond donors (Lipinski definition) is 7. The standard InChI is InChI=1S/C10H16N5O12P3S/c11-8-5-9(13-2-12-8)15(3-14-5)10-7(17)6(16)4(25-10)1-24-28(18,19)26-29(20,21)27-30(22,23)31/h2-4,6-7,10,16-17H,1H2,(H,18,19)(H,20,21)(H2,11,12,13)(H2,22,23,31)/t4-,6-,7+,10-/m1/s1. The fourth-order valence-electron chi connectivity index (χ4n) is 2.62. The Labute approximate surface area is 177 Å². The van der Waals surface area contributed by atoms with E-state index in [1.165, 1.54) is 10.9 Å². The van der Waals surface area contributed by atoms with E-state index in [9.17, 15) is 29.1 Å². The van der Waals surface area contributed by atoms with Crippen molar-refractivity contribution in [1.29, 1.82) is 0 Å². The average molecular weight is 523 g/mol. The lowest BCUT2D eigenvalue weighted by Gasteiger charge is -2.19. The monoisotopic (exact) mass is 523 g/mol. The number of phosphoric acid groups is 2. The Hall–Kier alpha value is -0.940. The van der Waals surface area contributed by atoms with Gasteiger partial charge in [-0.1, -0.05) is 0 Å². The predicted octanol–water partition coefficient (Wildman–Crippen LogP) is -1.51. The van der Waals surface area contributed by atoms with Gasteiger partial charge in [0.2, 0.25) is 0 Å². The van der Waals surface area contributed by atoms with Gasteiger partial charge in [-0.2, -0.15) is 4.31 Å². The number of ether oxygens (including phenoxy) is 1. The summed E-state index contributed by atoms with van der Waals surface area (Å²) >= 11 is 3.97. The van der Waals surface area contributed by atoms with E-state index in [0.29, 0.717) is 0 Å². The number of fused-ring (bicyclic) bond motifs is 1. The second-order valence-electron chi connectivity index (χ2n) is 6.02. The molecule has 2 aromatic heterocycles. The van der Waals surface area contributed by atoms with Crippen LogP contribution in [0.25, 0.3) is 11.2 Å². The van der Waals surface area contributed by atoms with E-state index in [4.69, 9.17) is 20.3 Å². The van der Waals surface area contributed by atoms with Gasteiger partial charge in [-0.3, -0.25) is 9.09 Å². The molecule has 1 aliphatic rings. The van der Waals surface area contributed by atoms with Crippen LogP contribution in [0.4, 0.5) is 5.82 Å². The summed E-state index contributed by atoms with van der Waals surface area (Å²) in [5, 5.41) is 20.5. The summed E-state index contributed by atoms with van der Waals surface area (Å²) in [6.07, 6.45) is -3.53. The molecular weight excluding hydrogens is 507 g/mol. The highest BCUT2D eigenvalue weighted by atomic mass is 32.5. The van der Waals surface area contributed by atoms with Crippen LogP contribution in [0, 0.1) is 0 Å². The number of anilines is 1. The van der Waals surface area contributed by atoms with Crippen molar-refractivity contribution in [1.82, 2.24) is 19.5 Å². The van der Waals surface area contributed by atoms with Crippen molar-refractivity contribution < 1.29 is 56.8 Å². The molecule has 3 heterocycles. The zero-order valence-electron chi connectivity index (χ0n) is 14.9. The number of nitrogen functional groups attached to an aromatic ring is 1. The molecule has 6 atom stereocenters. The molecule has 0 aliphatic carbocycles. The van der Waals surface area contributed by atoms with Crippen molar-refractivity contribution in [3.8, 4) is 0 Å². The average Bonchev–Trinajstić information content (AvgIpc) is 3.13. The van der Waals surface area contributed by atoms with E-state index in [1.54, 1.807) is 0 Å². The molecule has 17 nitrogen and oxygen atoms in total. The SMILES string of the molecule is Nc1ncnc2c1ncn2[C@@H]1O[C@H](COP(=O)(O)OP(=O)(O)OP(O)(O)=S)[C@@H](O)[C@@H]1O. The summed E-state index contributed by atoms with van der Waals surface area (Å²) in [6.45, 7) is -5.61. The van der Waals surface area contributed by atoms with Crippen molar-refractivity contribution in [3.05, 3.63) is 12.7 Å². The lowest BCUT2D eigenvalue weighted by molar-refractivity contribution is -0.0503. The van der Waals surface area contributed by atoms with Crippen molar-refractivity contribution in [3.63, 3.8) is 0 Å². The Morgan fingerprint density at radius 1 is 1.10 bits per heavy atom. The Morgan fingerprint density at radius 2 is 1.77 bits per heavy atom. The van der Waals surface area contributed by atoms with Gasteiger partial charge in [-0.05, 0) is 11.8 Å². The van der Waals surface area contributed by atoms with Crippen LogP contribution in [0.3, 0.4) is 0 Å². The quantitative estimate of drug-likeness (QED) is 0.194. The fourth-order valence-corrected chi connectivity index (χ4v) is 6.41. The molecule has 0 aromatic carbocycles. The first kappa shape index (κ1) is 24.7. The third-order valence-electron chi connectivity index (χ3n) is 3.82. The third-order valence-corrected chi connectivity index (χ3v) is 8.22. The zero-order chi connectivity index (χ0) is 23.2. The molecule has 0 spiro atoms. The third kappa shape index (κ3) is 5.90. The summed E-state index contributed by atoms with van der Waals surface area (Å²) in [5.74, 6) is 0.0574. The highest BCUT2D eigenvalue weighted by Gasteiger charge is 2.46. The highest BCUT2D eigenvalue weighted by molar-refractivity contribution is 8.08. The van der Waals surface area contributed by atoms with Gasteiger partial charge < -0.3 is 40.3 Å². The van der Waals surface area contributed by atoms with Gasteiger partial charge in [0.05, 0.1) is 12.9 Å². The van der Waals surface area contributed by atoms with Crippen LogP contribution < -0.4 is 5.73 Å². The van der Waals surface area contributed by atoms with Crippen LogP contribution in [0.2, 0.25) is 0 Å². The Balaban J connectivity index is 1.69. The predicted molar refractivity (Wildman–Crippen MR) is 102 cm³/mol. The van der Waals surface area contributed by atoms with Crippen LogP contribution in [0.1, 0.15) is 6.23 Å². The number of hydrogen-bond acceptors (Lipinski definition) is 13. The summed E-state index contributed by atoms with van der Waals surface area (Å²) in [5.41, 5.74) is 6.05. The second kappa shape index (κ2) is 8.78. The molecule has 8 N–H and O–H groups in total. The summed E-state index contributed by atoms with van der Waals surface area (Å²) in [6, 6.07) is 0. The molecule has 1 aliphatic heterocycles. The van der Waals surface area contributed by atoms with Crippen LogP contribution in [0.5, 0.6) is 0 Å². The number of nitrogens with two attached hydrogens (primary N) is 1. The first-order valence-electron chi connectivity index (χ1n) is 7.92. The zero-order valence-corrected chi connectivity index (χ0v) is 18.4. The van der Waals surface area contributed by atoms with E-state index < -0.39 is 53.5 Å². The topological polar surface area (TPSA) is 262 Å². The molecule has 31 heavy (non-hydrogen) atoms. The molecule has 3 rings (SSSR count). The molecule has 2 unspecified atom stereocenters. The van der Waals surface area contributed by atoms with Crippen molar-refractivity contribution >= 4 is 51.2 Å². The summed E-state index contributed by atoms with van der Waals surface area (Å²) in [4.78, 5) is 48.2. The first-order valence-corrected chi connectivity index (χ1v) is 13.5. The van der Waals surface area contributed by atoms with Crippen LogP contribution in [0.15, 0.2) is 12.7 Å². The van der Waals surface area contributed by atoms with Crippen molar-refractivity contribution in [2.24, 2.45) is 0 Å². The van der Waals surface area contributed by atoms with Gasteiger partial charge >= 0.3 is 22.4 Å².